The first-order valence-electron chi connectivity index (χ1n) is 6.22. The molecule has 2 rings (SSSR count). The summed E-state index contributed by atoms with van der Waals surface area (Å²) in [5, 5.41) is 3.39. The molecule has 1 aromatic rings. The SMILES string of the molecule is CNC1CC(c2ccc(OC)cc2)CN(C)C1. The predicted molar refractivity (Wildman–Crippen MR) is 70.7 cm³/mol. The molecule has 2 unspecified atom stereocenters. The molecule has 1 heterocycles. The predicted octanol–water partition coefficient (Wildman–Crippen LogP) is 1.70. The Balaban J connectivity index is 2.09. The van der Waals surface area contributed by atoms with Crippen LogP contribution in [0.3, 0.4) is 0 Å². The minimum absolute atomic E-state index is 0.598. The van der Waals surface area contributed by atoms with Crippen LogP contribution in [0.2, 0.25) is 0 Å². The molecule has 1 aliphatic heterocycles. The zero-order chi connectivity index (χ0) is 12.3. The quantitative estimate of drug-likeness (QED) is 0.861. The third kappa shape index (κ3) is 2.99. The summed E-state index contributed by atoms with van der Waals surface area (Å²) in [7, 11) is 5.95. The fraction of sp³-hybridized carbons (Fsp3) is 0.571. The summed E-state index contributed by atoms with van der Waals surface area (Å²) in [4.78, 5) is 2.40. The maximum absolute atomic E-state index is 5.20. The van der Waals surface area contributed by atoms with Crippen molar-refractivity contribution in [2.75, 3.05) is 34.3 Å². The highest BCUT2D eigenvalue weighted by molar-refractivity contribution is 5.30. The summed E-state index contributed by atoms with van der Waals surface area (Å²) < 4.78 is 5.20. The molecule has 1 aromatic carbocycles. The third-order valence-electron chi connectivity index (χ3n) is 3.63. The Labute approximate surface area is 104 Å². The van der Waals surface area contributed by atoms with Gasteiger partial charge in [-0.25, -0.2) is 0 Å². The molecule has 1 aliphatic rings. The second kappa shape index (κ2) is 5.52. The summed E-state index contributed by atoms with van der Waals surface area (Å²) in [6.45, 7) is 2.29. The summed E-state index contributed by atoms with van der Waals surface area (Å²) in [5.74, 6) is 1.56. The van der Waals surface area contributed by atoms with Crippen LogP contribution in [-0.4, -0.2) is 45.2 Å². The number of hydrogen-bond acceptors (Lipinski definition) is 3. The van der Waals surface area contributed by atoms with Gasteiger partial charge in [0.25, 0.3) is 0 Å². The molecule has 3 heteroatoms. The molecule has 17 heavy (non-hydrogen) atoms. The van der Waals surface area contributed by atoms with E-state index in [1.54, 1.807) is 7.11 Å². The summed E-state index contributed by atoms with van der Waals surface area (Å²) >= 11 is 0. The lowest BCUT2D eigenvalue weighted by molar-refractivity contribution is 0.210. The second-order valence-electron chi connectivity index (χ2n) is 4.91. The lowest BCUT2D eigenvalue weighted by Gasteiger charge is -2.35. The largest absolute Gasteiger partial charge is 0.497 e. The number of nitrogens with zero attached hydrogens (tertiary/aromatic N) is 1. The summed E-state index contributed by atoms with van der Waals surface area (Å²) in [5.41, 5.74) is 1.41. The van der Waals surface area contributed by atoms with Crippen molar-refractivity contribution < 1.29 is 4.74 Å². The number of benzene rings is 1. The van der Waals surface area contributed by atoms with E-state index in [1.807, 2.05) is 0 Å². The van der Waals surface area contributed by atoms with Gasteiger partial charge in [-0.2, -0.15) is 0 Å². The lowest BCUT2D eigenvalue weighted by atomic mass is 9.88. The number of ether oxygens (including phenoxy) is 1. The van der Waals surface area contributed by atoms with Crippen molar-refractivity contribution in [2.45, 2.75) is 18.4 Å². The van der Waals surface area contributed by atoms with E-state index in [0.29, 0.717) is 12.0 Å². The van der Waals surface area contributed by atoms with Gasteiger partial charge in [0.05, 0.1) is 7.11 Å². The molecule has 0 saturated carbocycles. The van der Waals surface area contributed by atoms with Gasteiger partial charge in [0.1, 0.15) is 5.75 Å². The normalized spacial score (nSPS) is 25.8. The van der Waals surface area contributed by atoms with E-state index in [0.717, 1.165) is 18.8 Å². The van der Waals surface area contributed by atoms with Crippen LogP contribution in [0.5, 0.6) is 5.75 Å². The summed E-state index contributed by atoms with van der Waals surface area (Å²) in [6, 6.07) is 9.09. The summed E-state index contributed by atoms with van der Waals surface area (Å²) in [6.07, 6.45) is 1.22. The topological polar surface area (TPSA) is 24.5 Å². The van der Waals surface area contributed by atoms with Crippen LogP contribution in [-0.2, 0) is 0 Å². The molecule has 0 amide bonds. The Hall–Kier alpha value is -1.06. The number of nitrogens with one attached hydrogen (secondary N) is 1. The molecule has 94 valence electrons. The van der Waals surface area contributed by atoms with Gasteiger partial charge in [-0.05, 0) is 44.1 Å². The molecule has 1 fully saturated rings. The average Bonchev–Trinajstić information content (AvgIpc) is 2.38. The van der Waals surface area contributed by atoms with Gasteiger partial charge in [0.2, 0.25) is 0 Å². The van der Waals surface area contributed by atoms with E-state index in [1.165, 1.54) is 12.0 Å². The average molecular weight is 234 g/mol. The van der Waals surface area contributed by atoms with Crippen molar-refractivity contribution >= 4 is 0 Å². The number of likely N-dealkylation sites (N-methyl/N-ethyl adjacent to an activating group) is 2. The van der Waals surface area contributed by atoms with Crippen molar-refractivity contribution in [1.82, 2.24) is 10.2 Å². The molecule has 2 atom stereocenters. The molecular weight excluding hydrogens is 212 g/mol. The Bertz CT molecular complexity index is 350. The highest BCUT2D eigenvalue weighted by Crippen LogP contribution is 2.27. The van der Waals surface area contributed by atoms with Crippen LogP contribution in [0, 0.1) is 0 Å². The second-order valence-corrected chi connectivity index (χ2v) is 4.91. The first-order chi connectivity index (χ1) is 8.22. The van der Waals surface area contributed by atoms with E-state index in [9.17, 15) is 0 Å². The minimum atomic E-state index is 0.598. The van der Waals surface area contributed by atoms with Crippen molar-refractivity contribution in [3.63, 3.8) is 0 Å². The smallest absolute Gasteiger partial charge is 0.118 e. The van der Waals surface area contributed by atoms with Gasteiger partial charge in [0, 0.05) is 19.1 Å². The van der Waals surface area contributed by atoms with Crippen molar-refractivity contribution in [2.24, 2.45) is 0 Å². The van der Waals surface area contributed by atoms with E-state index in [2.05, 4.69) is 48.6 Å². The number of likely N-dealkylation sites (tertiary alicyclic amines) is 1. The van der Waals surface area contributed by atoms with Gasteiger partial charge in [0.15, 0.2) is 0 Å². The fourth-order valence-electron chi connectivity index (χ4n) is 2.65. The monoisotopic (exact) mass is 234 g/mol. The first-order valence-corrected chi connectivity index (χ1v) is 6.22. The van der Waals surface area contributed by atoms with Gasteiger partial charge >= 0.3 is 0 Å². The number of methoxy groups -OCH3 is 1. The Morgan fingerprint density at radius 1 is 1.24 bits per heavy atom. The maximum atomic E-state index is 5.20. The molecule has 1 saturated heterocycles. The van der Waals surface area contributed by atoms with Crippen molar-refractivity contribution in [3.8, 4) is 5.75 Å². The molecule has 0 aromatic heterocycles. The number of rotatable bonds is 3. The first kappa shape index (κ1) is 12.4. The third-order valence-corrected chi connectivity index (χ3v) is 3.63. The Morgan fingerprint density at radius 3 is 2.53 bits per heavy atom. The van der Waals surface area contributed by atoms with Crippen LogP contribution in [0.4, 0.5) is 0 Å². The standard InChI is InChI=1S/C14H22N2O/c1-15-13-8-12(9-16(2)10-13)11-4-6-14(17-3)7-5-11/h4-7,12-13,15H,8-10H2,1-3H3. The van der Waals surface area contributed by atoms with E-state index >= 15 is 0 Å². The van der Waals surface area contributed by atoms with Crippen LogP contribution in [0.25, 0.3) is 0 Å². The Morgan fingerprint density at radius 2 is 1.94 bits per heavy atom. The van der Waals surface area contributed by atoms with Gasteiger partial charge in [-0.3, -0.25) is 0 Å². The molecule has 0 spiro atoms. The van der Waals surface area contributed by atoms with Crippen molar-refractivity contribution in [1.29, 1.82) is 0 Å². The molecule has 3 nitrogen and oxygen atoms in total. The lowest BCUT2D eigenvalue weighted by Crippen LogP contribution is -2.45. The van der Waals surface area contributed by atoms with E-state index < -0.39 is 0 Å². The van der Waals surface area contributed by atoms with E-state index in [4.69, 9.17) is 4.74 Å². The fourth-order valence-corrected chi connectivity index (χ4v) is 2.65. The highest BCUT2D eigenvalue weighted by atomic mass is 16.5. The van der Waals surface area contributed by atoms with Crippen molar-refractivity contribution in [3.05, 3.63) is 29.8 Å². The molecule has 0 radical (unpaired) electrons. The van der Waals surface area contributed by atoms with Gasteiger partial charge in [-0.1, -0.05) is 12.1 Å². The van der Waals surface area contributed by atoms with Crippen LogP contribution >= 0.6 is 0 Å². The van der Waals surface area contributed by atoms with Crippen LogP contribution < -0.4 is 10.1 Å². The Kier molecular flexibility index (Phi) is 4.02. The molecular formula is C14H22N2O. The zero-order valence-electron chi connectivity index (χ0n) is 10.9. The van der Waals surface area contributed by atoms with Gasteiger partial charge < -0.3 is 15.0 Å². The molecule has 0 aliphatic carbocycles. The maximum Gasteiger partial charge on any atom is 0.118 e. The highest BCUT2D eigenvalue weighted by Gasteiger charge is 2.25. The van der Waals surface area contributed by atoms with Crippen LogP contribution in [0.1, 0.15) is 17.9 Å². The number of piperidine rings is 1. The minimum Gasteiger partial charge on any atom is -0.497 e. The molecule has 1 N–H and O–H groups in total. The molecule has 0 bridgehead atoms. The van der Waals surface area contributed by atoms with Gasteiger partial charge in [-0.15, -0.1) is 0 Å². The van der Waals surface area contributed by atoms with Crippen LogP contribution in [0.15, 0.2) is 24.3 Å². The van der Waals surface area contributed by atoms with E-state index in [-0.39, 0.29) is 0 Å². The zero-order valence-corrected chi connectivity index (χ0v) is 10.9. The number of hydrogen-bond donors (Lipinski definition) is 1.